The largest absolute Gasteiger partial charge is 0.497 e. The lowest BCUT2D eigenvalue weighted by Crippen LogP contribution is -2.19. The minimum Gasteiger partial charge on any atom is -0.497 e. The molecular formula is C15H22O2. The van der Waals surface area contributed by atoms with Crippen molar-refractivity contribution in [1.29, 1.82) is 0 Å². The predicted octanol–water partition coefficient (Wildman–Crippen LogP) is 3.18. The molecule has 0 spiro atoms. The van der Waals surface area contributed by atoms with E-state index in [-0.39, 0.29) is 6.10 Å². The molecule has 1 atom stereocenters. The number of methoxy groups -OCH3 is 1. The van der Waals surface area contributed by atoms with Crippen molar-refractivity contribution in [2.75, 3.05) is 7.11 Å². The van der Waals surface area contributed by atoms with Gasteiger partial charge in [-0.25, -0.2) is 0 Å². The molecule has 1 aromatic carbocycles. The first-order valence-electron chi connectivity index (χ1n) is 6.59. The second kappa shape index (κ2) is 6.06. The Morgan fingerprint density at radius 3 is 2.53 bits per heavy atom. The van der Waals surface area contributed by atoms with Gasteiger partial charge < -0.3 is 9.84 Å². The van der Waals surface area contributed by atoms with Gasteiger partial charge in [-0.15, -0.1) is 0 Å². The first kappa shape index (κ1) is 12.4. The number of aliphatic hydroxyl groups is 1. The fourth-order valence-electron chi connectivity index (χ4n) is 2.36. The molecule has 1 unspecified atom stereocenters. The third kappa shape index (κ3) is 3.74. The van der Waals surface area contributed by atoms with Gasteiger partial charge in [-0.3, -0.25) is 0 Å². The van der Waals surface area contributed by atoms with Crippen molar-refractivity contribution in [2.24, 2.45) is 5.92 Å². The summed E-state index contributed by atoms with van der Waals surface area (Å²) < 4.78 is 5.12. The molecule has 1 N–H and O–H groups in total. The van der Waals surface area contributed by atoms with Crippen LogP contribution in [0.5, 0.6) is 5.75 Å². The SMILES string of the molecule is COc1ccc(CCC(O)CC2CCC2)cc1. The van der Waals surface area contributed by atoms with E-state index in [0.29, 0.717) is 0 Å². The fraction of sp³-hybridized carbons (Fsp3) is 0.600. The molecule has 0 heterocycles. The summed E-state index contributed by atoms with van der Waals surface area (Å²) in [4.78, 5) is 0. The fourth-order valence-corrected chi connectivity index (χ4v) is 2.36. The van der Waals surface area contributed by atoms with Crippen LogP contribution in [0.3, 0.4) is 0 Å². The van der Waals surface area contributed by atoms with E-state index in [9.17, 15) is 5.11 Å². The molecule has 2 heteroatoms. The van der Waals surface area contributed by atoms with Crippen LogP contribution in [0.4, 0.5) is 0 Å². The number of aryl methyl sites for hydroxylation is 1. The topological polar surface area (TPSA) is 29.5 Å². The third-order valence-electron chi connectivity index (χ3n) is 3.76. The highest BCUT2D eigenvalue weighted by atomic mass is 16.5. The molecule has 1 saturated carbocycles. The zero-order valence-corrected chi connectivity index (χ0v) is 10.6. The summed E-state index contributed by atoms with van der Waals surface area (Å²) in [5, 5.41) is 9.92. The maximum absolute atomic E-state index is 9.92. The van der Waals surface area contributed by atoms with E-state index in [2.05, 4.69) is 12.1 Å². The summed E-state index contributed by atoms with van der Waals surface area (Å²) >= 11 is 0. The van der Waals surface area contributed by atoms with Crippen molar-refractivity contribution < 1.29 is 9.84 Å². The number of rotatable bonds is 6. The number of hydrogen-bond acceptors (Lipinski definition) is 2. The Labute approximate surface area is 104 Å². The summed E-state index contributed by atoms with van der Waals surface area (Å²) in [6.07, 6.45) is 6.70. The molecule has 0 radical (unpaired) electrons. The smallest absolute Gasteiger partial charge is 0.118 e. The minimum atomic E-state index is -0.123. The molecule has 1 aliphatic carbocycles. The van der Waals surface area contributed by atoms with Crippen LogP contribution in [0.1, 0.15) is 37.7 Å². The Balaban J connectivity index is 1.72. The van der Waals surface area contributed by atoms with E-state index >= 15 is 0 Å². The first-order chi connectivity index (χ1) is 8.28. The van der Waals surface area contributed by atoms with Gasteiger partial charge in [0.1, 0.15) is 5.75 Å². The van der Waals surface area contributed by atoms with Crippen LogP contribution in [0, 0.1) is 5.92 Å². The molecule has 0 bridgehead atoms. The van der Waals surface area contributed by atoms with Crippen LogP contribution in [0.2, 0.25) is 0 Å². The Hall–Kier alpha value is -1.02. The van der Waals surface area contributed by atoms with E-state index in [1.807, 2.05) is 12.1 Å². The van der Waals surface area contributed by atoms with Crippen LogP contribution in [0.15, 0.2) is 24.3 Å². The number of benzene rings is 1. The predicted molar refractivity (Wildman–Crippen MR) is 69.3 cm³/mol. The maximum atomic E-state index is 9.92. The van der Waals surface area contributed by atoms with Gasteiger partial charge in [-0.05, 0) is 42.9 Å². The maximum Gasteiger partial charge on any atom is 0.118 e. The molecule has 1 aromatic rings. The van der Waals surface area contributed by atoms with E-state index in [0.717, 1.165) is 30.9 Å². The summed E-state index contributed by atoms with van der Waals surface area (Å²) in [5.41, 5.74) is 1.28. The standard InChI is InChI=1S/C15H22O2/c1-17-15-9-6-12(7-10-15)5-8-14(16)11-13-3-2-4-13/h6-7,9-10,13-14,16H,2-5,8,11H2,1H3. The highest BCUT2D eigenvalue weighted by Crippen LogP contribution is 2.31. The average Bonchev–Trinajstić information content (AvgIpc) is 2.32. The van der Waals surface area contributed by atoms with Gasteiger partial charge >= 0.3 is 0 Å². The van der Waals surface area contributed by atoms with Gasteiger partial charge in [0.05, 0.1) is 13.2 Å². The Bertz CT molecular complexity index is 327. The van der Waals surface area contributed by atoms with Crippen LogP contribution in [0.25, 0.3) is 0 Å². The second-order valence-corrected chi connectivity index (χ2v) is 5.07. The molecule has 2 nitrogen and oxygen atoms in total. The quantitative estimate of drug-likeness (QED) is 0.819. The summed E-state index contributed by atoms with van der Waals surface area (Å²) in [6.45, 7) is 0. The summed E-state index contributed by atoms with van der Waals surface area (Å²) in [5.74, 6) is 1.68. The molecule has 2 rings (SSSR count). The molecule has 0 aromatic heterocycles. The van der Waals surface area contributed by atoms with Crippen LogP contribution in [-0.4, -0.2) is 18.3 Å². The van der Waals surface area contributed by atoms with Crippen molar-refractivity contribution in [1.82, 2.24) is 0 Å². The summed E-state index contributed by atoms with van der Waals surface area (Å²) in [7, 11) is 1.68. The van der Waals surface area contributed by atoms with E-state index in [4.69, 9.17) is 4.74 Å². The van der Waals surface area contributed by atoms with Gasteiger partial charge in [0.25, 0.3) is 0 Å². The van der Waals surface area contributed by atoms with E-state index in [1.165, 1.54) is 24.8 Å². The lowest BCUT2D eigenvalue weighted by atomic mass is 9.81. The van der Waals surface area contributed by atoms with Gasteiger partial charge in [-0.1, -0.05) is 31.4 Å². The molecule has 0 amide bonds. The first-order valence-corrected chi connectivity index (χ1v) is 6.59. The Morgan fingerprint density at radius 2 is 2.00 bits per heavy atom. The zero-order valence-electron chi connectivity index (χ0n) is 10.6. The molecule has 94 valence electrons. The average molecular weight is 234 g/mol. The Morgan fingerprint density at radius 1 is 1.29 bits per heavy atom. The lowest BCUT2D eigenvalue weighted by molar-refractivity contribution is 0.110. The van der Waals surface area contributed by atoms with Gasteiger partial charge in [0.15, 0.2) is 0 Å². The van der Waals surface area contributed by atoms with Crippen molar-refractivity contribution in [3.8, 4) is 5.75 Å². The van der Waals surface area contributed by atoms with Crippen LogP contribution < -0.4 is 4.74 Å². The third-order valence-corrected chi connectivity index (χ3v) is 3.76. The normalized spacial score (nSPS) is 17.5. The summed E-state index contributed by atoms with van der Waals surface area (Å²) in [6, 6.07) is 8.12. The van der Waals surface area contributed by atoms with Gasteiger partial charge in [0.2, 0.25) is 0 Å². The highest BCUT2D eigenvalue weighted by Gasteiger charge is 2.20. The number of aliphatic hydroxyl groups excluding tert-OH is 1. The van der Waals surface area contributed by atoms with Gasteiger partial charge in [0, 0.05) is 0 Å². The number of hydrogen-bond donors (Lipinski definition) is 1. The molecular weight excluding hydrogens is 212 g/mol. The van der Waals surface area contributed by atoms with Crippen molar-refractivity contribution in [3.63, 3.8) is 0 Å². The molecule has 0 aliphatic heterocycles. The van der Waals surface area contributed by atoms with Crippen LogP contribution >= 0.6 is 0 Å². The van der Waals surface area contributed by atoms with Crippen molar-refractivity contribution in [2.45, 2.75) is 44.6 Å². The second-order valence-electron chi connectivity index (χ2n) is 5.07. The molecule has 0 saturated heterocycles. The van der Waals surface area contributed by atoms with Crippen molar-refractivity contribution >= 4 is 0 Å². The molecule has 1 fully saturated rings. The highest BCUT2D eigenvalue weighted by molar-refractivity contribution is 5.27. The van der Waals surface area contributed by atoms with Crippen molar-refractivity contribution in [3.05, 3.63) is 29.8 Å². The Kier molecular flexibility index (Phi) is 4.43. The lowest BCUT2D eigenvalue weighted by Gasteiger charge is -2.27. The molecule has 17 heavy (non-hydrogen) atoms. The molecule has 1 aliphatic rings. The van der Waals surface area contributed by atoms with E-state index in [1.54, 1.807) is 7.11 Å². The minimum absolute atomic E-state index is 0.123. The van der Waals surface area contributed by atoms with Gasteiger partial charge in [-0.2, -0.15) is 0 Å². The number of ether oxygens (including phenoxy) is 1. The van der Waals surface area contributed by atoms with Crippen LogP contribution in [-0.2, 0) is 6.42 Å². The zero-order chi connectivity index (χ0) is 12.1. The monoisotopic (exact) mass is 234 g/mol. The van der Waals surface area contributed by atoms with E-state index < -0.39 is 0 Å².